The maximum absolute atomic E-state index is 11.9. The molecule has 0 atom stereocenters. The molecule has 0 unspecified atom stereocenters. The van der Waals surface area contributed by atoms with Crippen molar-refractivity contribution in [3.8, 4) is 11.3 Å². The predicted molar refractivity (Wildman–Crippen MR) is 90.9 cm³/mol. The third kappa shape index (κ3) is 3.79. The molecule has 0 bridgehead atoms. The van der Waals surface area contributed by atoms with Gasteiger partial charge in [-0.25, -0.2) is 4.98 Å². The van der Waals surface area contributed by atoms with Gasteiger partial charge in [-0.2, -0.15) is 11.3 Å². The number of aromatic nitrogens is 1. The standard InChI is InChI=1S/C15H11N3O3S2/c19-14(6-10-4-5-22-8-10)17-15-16-13(9-23-15)11-2-1-3-12(7-11)18(20)21/h1-5,7-9H,6H2,(H,16,17,19). The van der Waals surface area contributed by atoms with E-state index in [4.69, 9.17) is 0 Å². The normalized spacial score (nSPS) is 10.4. The molecule has 3 rings (SSSR count). The lowest BCUT2D eigenvalue weighted by molar-refractivity contribution is -0.384. The fraction of sp³-hybridized carbons (Fsp3) is 0.0667. The second-order valence-corrected chi connectivity index (χ2v) is 6.34. The molecule has 0 fully saturated rings. The average Bonchev–Trinajstić information content (AvgIpc) is 3.19. The summed E-state index contributed by atoms with van der Waals surface area (Å²) in [4.78, 5) is 26.6. The Hall–Kier alpha value is -2.58. The molecule has 8 heteroatoms. The highest BCUT2D eigenvalue weighted by Crippen LogP contribution is 2.27. The first kappa shape index (κ1) is 15.3. The van der Waals surface area contributed by atoms with Crippen LogP contribution in [0.1, 0.15) is 5.56 Å². The van der Waals surface area contributed by atoms with Gasteiger partial charge in [-0.05, 0) is 22.4 Å². The summed E-state index contributed by atoms with van der Waals surface area (Å²) in [5, 5.41) is 19.7. The van der Waals surface area contributed by atoms with Crippen molar-refractivity contribution in [2.75, 3.05) is 5.32 Å². The van der Waals surface area contributed by atoms with E-state index in [1.807, 2.05) is 16.8 Å². The van der Waals surface area contributed by atoms with Gasteiger partial charge in [0.05, 0.1) is 17.0 Å². The first-order chi connectivity index (χ1) is 11.1. The molecule has 116 valence electrons. The van der Waals surface area contributed by atoms with Crippen molar-refractivity contribution in [2.45, 2.75) is 6.42 Å². The number of benzene rings is 1. The number of thiophene rings is 1. The number of hydrogen-bond donors (Lipinski definition) is 1. The molecule has 23 heavy (non-hydrogen) atoms. The second-order valence-electron chi connectivity index (χ2n) is 4.70. The van der Waals surface area contributed by atoms with Crippen LogP contribution in [0.25, 0.3) is 11.3 Å². The topological polar surface area (TPSA) is 85.1 Å². The molecule has 2 aromatic heterocycles. The maximum atomic E-state index is 11.9. The van der Waals surface area contributed by atoms with Crippen molar-refractivity contribution in [2.24, 2.45) is 0 Å². The fourth-order valence-corrected chi connectivity index (χ4v) is 3.39. The molecule has 1 aromatic carbocycles. The molecular formula is C15H11N3O3S2. The Labute approximate surface area is 139 Å². The molecule has 0 aliphatic carbocycles. The Morgan fingerprint density at radius 3 is 2.91 bits per heavy atom. The molecule has 1 N–H and O–H groups in total. The SMILES string of the molecule is O=C(Cc1ccsc1)Nc1nc(-c2cccc([N+](=O)[O-])c2)cs1. The van der Waals surface area contributed by atoms with Crippen LogP contribution < -0.4 is 5.32 Å². The highest BCUT2D eigenvalue weighted by molar-refractivity contribution is 7.14. The van der Waals surface area contributed by atoms with Gasteiger partial charge in [-0.15, -0.1) is 11.3 Å². The van der Waals surface area contributed by atoms with E-state index in [0.29, 0.717) is 22.8 Å². The van der Waals surface area contributed by atoms with E-state index >= 15 is 0 Å². The first-order valence-corrected chi connectivity index (χ1v) is 8.45. The van der Waals surface area contributed by atoms with Gasteiger partial charge in [0, 0.05) is 23.1 Å². The number of non-ortho nitro benzene ring substituents is 1. The van der Waals surface area contributed by atoms with Crippen LogP contribution in [-0.4, -0.2) is 15.8 Å². The number of carbonyl (C=O) groups excluding carboxylic acids is 1. The number of anilines is 1. The number of carbonyl (C=O) groups is 1. The Morgan fingerprint density at radius 2 is 2.17 bits per heavy atom. The summed E-state index contributed by atoms with van der Waals surface area (Å²) in [6, 6.07) is 8.16. The summed E-state index contributed by atoms with van der Waals surface area (Å²) in [5.74, 6) is -0.136. The zero-order chi connectivity index (χ0) is 16.2. The Bertz CT molecular complexity index is 843. The van der Waals surface area contributed by atoms with Gasteiger partial charge in [0.2, 0.25) is 5.91 Å². The number of nitrogens with zero attached hydrogens (tertiary/aromatic N) is 2. The number of nitrogens with one attached hydrogen (secondary N) is 1. The quantitative estimate of drug-likeness (QED) is 0.560. The zero-order valence-electron chi connectivity index (χ0n) is 11.8. The third-order valence-electron chi connectivity index (χ3n) is 3.05. The molecular weight excluding hydrogens is 334 g/mol. The molecule has 0 aliphatic heterocycles. The fourth-order valence-electron chi connectivity index (χ4n) is 1.98. The molecule has 0 aliphatic rings. The largest absolute Gasteiger partial charge is 0.302 e. The van der Waals surface area contributed by atoms with Gasteiger partial charge in [-0.3, -0.25) is 14.9 Å². The molecule has 6 nitrogen and oxygen atoms in total. The summed E-state index contributed by atoms with van der Waals surface area (Å²) in [5.41, 5.74) is 2.22. The minimum Gasteiger partial charge on any atom is -0.302 e. The third-order valence-corrected chi connectivity index (χ3v) is 4.54. The van der Waals surface area contributed by atoms with Crippen molar-refractivity contribution in [1.29, 1.82) is 0 Å². The van der Waals surface area contributed by atoms with Gasteiger partial charge < -0.3 is 5.32 Å². The van der Waals surface area contributed by atoms with Crippen LogP contribution in [0.3, 0.4) is 0 Å². The van der Waals surface area contributed by atoms with Gasteiger partial charge in [-0.1, -0.05) is 12.1 Å². The van der Waals surface area contributed by atoms with E-state index in [2.05, 4.69) is 10.3 Å². The molecule has 3 aromatic rings. The molecule has 0 saturated heterocycles. The van der Waals surface area contributed by atoms with Crippen molar-refractivity contribution in [1.82, 2.24) is 4.98 Å². The number of hydrogen-bond acceptors (Lipinski definition) is 6. The van der Waals surface area contributed by atoms with Gasteiger partial charge in [0.1, 0.15) is 0 Å². The Morgan fingerprint density at radius 1 is 1.30 bits per heavy atom. The van der Waals surface area contributed by atoms with Crippen molar-refractivity contribution < 1.29 is 9.72 Å². The number of amides is 1. The number of rotatable bonds is 5. The van der Waals surface area contributed by atoms with Crippen LogP contribution >= 0.6 is 22.7 Å². The average molecular weight is 345 g/mol. The molecule has 1 amide bonds. The van der Waals surface area contributed by atoms with E-state index < -0.39 is 4.92 Å². The molecule has 0 saturated carbocycles. The minimum atomic E-state index is -0.445. The zero-order valence-corrected chi connectivity index (χ0v) is 13.4. The highest BCUT2D eigenvalue weighted by Gasteiger charge is 2.11. The van der Waals surface area contributed by atoms with E-state index in [9.17, 15) is 14.9 Å². The van der Waals surface area contributed by atoms with Crippen molar-refractivity contribution in [3.05, 3.63) is 62.1 Å². The first-order valence-electron chi connectivity index (χ1n) is 6.63. The van der Waals surface area contributed by atoms with Crippen LogP contribution in [0.4, 0.5) is 10.8 Å². The van der Waals surface area contributed by atoms with Crippen LogP contribution in [0.2, 0.25) is 0 Å². The lowest BCUT2D eigenvalue weighted by Crippen LogP contribution is -2.13. The molecule has 0 spiro atoms. The van der Waals surface area contributed by atoms with Crippen LogP contribution in [0.15, 0.2) is 46.5 Å². The van der Waals surface area contributed by atoms with Gasteiger partial charge >= 0.3 is 0 Å². The predicted octanol–water partition coefficient (Wildman–Crippen LogP) is 3.96. The monoisotopic (exact) mass is 345 g/mol. The van der Waals surface area contributed by atoms with Crippen LogP contribution in [0, 0.1) is 10.1 Å². The Kier molecular flexibility index (Phi) is 4.45. The maximum Gasteiger partial charge on any atom is 0.270 e. The van der Waals surface area contributed by atoms with Gasteiger partial charge in [0.15, 0.2) is 5.13 Å². The number of thiazole rings is 1. The van der Waals surface area contributed by atoms with Crippen LogP contribution in [0.5, 0.6) is 0 Å². The second kappa shape index (κ2) is 6.67. The van der Waals surface area contributed by atoms with Crippen molar-refractivity contribution >= 4 is 39.4 Å². The summed E-state index contributed by atoms with van der Waals surface area (Å²) in [6.45, 7) is 0. The summed E-state index contributed by atoms with van der Waals surface area (Å²) < 4.78 is 0. The van der Waals surface area contributed by atoms with Crippen molar-refractivity contribution in [3.63, 3.8) is 0 Å². The van der Waals surface area contributed by atoms with E-state index in [0.717, 1.165) is 5.56 Å². The van der Waals surface area contributed by atoms with Gasteiger partial charge in [0.25, 0.3) is 5.69 Å². The highest BCUT2D eigenvalue weighted by atomic mass is 32.1. The summed E-state index contributed by atoms with van der Waals surface area (Å²) in [7, 11) is 0. The van der Waals surface area contributed by atoms with E-state index in [1.165, 1.54) is 23.5 Å². The minimum absolute atomic E-state index is 0.0125. The number of nitro groups is 1. The summed E-state index contributed by atoms with van der Waals surface area (Å²) >= 11 is 2.83. The lowest BCUT2D eigenvalue weighted by atomic mass is 10.1. The number of nitro benzene ring substituents is 1. The van der Waals surface area contributed by atoms with Crippen LogP contribution in [-0.2, 0) is 11.2 Å². The van der Waals surface area contributed by atoms with E-state index in [1.54, 1.807) is 28.8 Å². The lowest BCUT2D eigenvalue weighted by Gasteiger charge is -2.00. The summed E-state index contributed by atoms with van der Waals surface area (Å²) in [6.07, 6.45) is 0.301. The molecule has 0 radical (unpaired) electrons. The molecule has 2 heterocycles. The van der Waals surface area contributed by atoms with E-state index in [-0.39, 0.29) is 11.6 Å². The smallest absolute Gasteiger partial charge is 0.270 e. The Balaban J connectivity index is 1.71.